The van der Waals surface area contributed by atoms with Crippen molar-refractivity contribution in [3.63, 3.8) is 0 Å². The third-order valence-corrected chi connectivity index (χ3v) is 6.22. The van der Waals surface area contributed by atoms with E-state index in [-0.39, 0.29) is 11.8 Å². The van der Waals surface area contributed by atoms with Gasteiger partial charge in [0.2, 0.25) is 0 Å². The second-order valence-corrected chi connectivity index (χ2v) is 8.76. The number of hydrogen-bond donors (Lipinski definition) is 1. The molecule has 1 N–H and O–H groups in total. The highest BCUT2D eigenvalue weighted by atomic mass is 19.1. The summed E-state index contributed by atoms with van der Waals surface area (Å²) in [4.78, 5) is 18.1. The maximum absolute atomic E-state index is 15.3. The fraction of sp³-hybridized carbons (Fsp3) is 0.375. The highest BCUT2D eigenvalue weighted by molar-refractivity contribution is 6.05. The number of amidine groups is 1. The van der Waals surface area contributed by atoms with Crippen LogP contribution in [-0.4, -0.2) is 65.0 Å². The molecule has 8 nitrogen and oxygen atoms in total. The molecule has 2 aromatic heterocycles. The number of anilines is 2. The third-order valence-electron chi connectivity index (χ3n) is 6.22. The van der Waals surface area contributed by atoms with E-state index in [4.69, 9.17) is 4.74 Å². The van der Waals surface area contributed by atoms with E-state index in [9.17, 15) is 0 Å². The summed E-state index contributed by atoms with van der Waals surface area (Å²) in [6, 6.07) is 7.29. The number of piperazine rings is 1. The Morgan fingerprint density at radius 1 is 1.03 bits per heavy atom. The number of ether oxygens (including phenoxy) is 1. The van der Waals surface area contributed by atoms with Crippen LogP contribution in [0.4, 0.5) is 16.0 Å². The maximum Gasteiger partial charge on any atom is 0.326 e. The van der Waals surface area contributed by atoms with Gasteiger partial charge in [0.15, 0.2) is 11.6 Å². The number of aliphatic imine (C=N–C) groups is 1. The number of fused-ring (bicyclic) bond motifs is 1. The molecule has 0 unspecified atom stereocenters. The fourth-order valence-electron chi connectivity index (χ4n) is 4.13. The number of likely N-dealkylation sites (N-methyl/N-ethyl adjacent to an activating group) is 1. The maximum atomic E-state index is 15.3. The van der Waals surface area contributed by atoms with Crippen LogP contribution in [0.3, 0.4) is 0 Å². The van der Waals surface area contributed by atoms with E-state index in [1.54, 1.807) is 6.07 Å². The molecule has 2 aliphatic rings. The van der Waals surface area contributed by atoms with Crippen molar-refractivity contribution in [2.24, 2.45) is 12.0 Å². The van der Waals surface area contributed by atoms with Gasteiger partial charge in [-0.3, -0.25) is 4.99 Å². The molecule has 0 aliphatic carbocycles. The Morgan fingerprint density at radius 3 is 2.55 bits per heavy atom. The van der Waals surface area contributed by atoms with E-state index >= 15 is 4.39 Å². The van der Waals surface area contributed by atoms with Gasteiger partial charge in [0, 0.05) is 50.4 Å². The van der Waals surface area contributed by atoms with Crippen LogP contribution in [-0.2, 0) is 7.05 Å². The molecule has 0 saturated carbocycles. The zero-order valence-electron chi connectivity index (χ0n) is 19.4. The summed E-state index contributed by atoms with van der Waals surface area (Å²) < 4.78 is 23.1. The van der Waals surface area contributed by atoms with Crippen molar-refractivity contribution in [3.05, 3.63) is 47.4 Å². The molecule has 1 saturated heterocycles. The van der Waals surface area contributed by atoms with Crippen molar-refractivity contribution in [1.29, 1.82) is 0 Å². The Morgan fingerprint density at radius 2 is 1.82 bits per heavy atom. The van der Waals surface area contributed by atoms with Gasteiger partial charge in [-0.15, -0.1) is 0 Å². The number of benzene rings is 1. The molecule has 172 valence electrons. The summed E-state index contributed by atoms with van der Waals surface area (Å²) in [6.07, 6.45) is 1.99. The minimum absolute atomic E-state index is 0.0964. The molecule has 0 amide bonds. The Hall–Kier alpha value is -3.46. The largest absolute Gasteiger partial charge is 0.421 e. The zero-order chi connectivity index (χ0) is 23.1. The van der Waals surface area contributed by atoms with Gasteiger partial charge >= 0.3 is 6.01 Å². The molecule has 4 heterocycles. The number of aryl methyl sites for hydroxylation is 2. The SMILES string of the molecule is CC1=CC(Nc2cc(N3CCN(C)CC3)nc(Oc3ccc4c(cc(C)n4C)c3F)n2)=NC1. The summed E-state index contributed by atoms with van der Waals surface area (Å²) in [5.74, 6) is 1.73. The van der Waals surface area contributed by atoms with Gasteiger partial charge in [0.1, 0.15) is 17.5 Å². The first-order valence-electron chi connectivity index (χ1n) is 11.1. The molecular formula is C24H28FN7O. The molecule has 3 aromatic rings. The monoisotopic (exact) mass is 449 g/mol. The van der Waals surface area contributed by atoms with Gasteiger partial charge in [-0.2, -0.15) is 9.97 Å². The average molecular weight is 450 g/mol. The van der Waals surface area contributed by atoms with Crippen LogP contribution in [0.2, 0.25) is 0 Å². The lowest BCUT2D eigenvalue weighted by Gasteiger charge is -2.33. The van der Waals surface area contributed by atoms with Crippen LogP contribution in [0, 0.1) is 12.7 Å². The Balaban J connectivity index is 1.49. The minimum atomic E-state index is -0.418. The van der Waals surface area contributed by atoms with Crippen LogP contribution < -0.4 is 15.0 Å². The summed E-state index contributed by atoms with van der Waals surface area (Å²) >= 11 is 0. The number of halogens is 1. The van der Waals surface area contributed by atoms with Gasteiger partial charge in [-0.1, -0.05) is 0 Å². The number of aromatic nitrogens is 3. The van der Waals surface area contributed by atoms with Crippen LogP contribution in [0.15, 0.2) is 40.9 Å². The van der Waals surface area contributed by atoms with Gasteiger partial charge in [-0.25, -0.2) is 4.39 Å². The third kappa shape index (κ3) is 4.28. The van der Waals surface area contributed by atoms with Crippen LogP contribution in [0.1, 0.15) is 12.6 Å². The van der Waals surface area contributed by atoms with Crippen LogP contribution >= 0.6 is 0 Å². The van der Waals surface area contributed by atoms with Crippen LogP contribution in [0.5, 0.6) is 11.8 Å². The lowest BCUT2D eigenvalue weighted by atomic mass is 10.2. The van der Waals surface area contributed by atoms with Crippen molar-refractivity contribution in [2.45, 2.75) is 13.8 Å². The Bertz CT molecular complexity index is 1270. The van der Waals surface area contributed by atoms with Gasteiger partial charge in [0.25, 0.3) is 0 Å². The Kier molecular flexibility index (Phi) is 5.49. The van der Waals surface area contributed by atoms with Crippen molar-refractivity contribution < 1.29 is 9.13 Å². The summed E-state index contributed by atoms with van der Waals surface area (Å²) in [7, 11) is 4.02. The topological polar surface area (TPSA) is 70.8 Å². The first-order chi connectivity index (χ1) is 15.9. The standard InChI is InChI=1S/C24H28FN7O/c1-15-11-20(26-14-15)27-21-13-22(32-9-7-30(3)8-10-32)29-24(28-21)33-19-6-5-18-17(23(19)25)12-16(2)31(18)4/h5-6,11-13H,7-10,14H2,1-4H3,(H,26,27,28,29). The van der Waals surface area contributed by atoms with Crippen LogP contribution in [0.25, 0.3) is 10.9 Å². The van der Waals surface area contributed by atoms with Crippen molar-refractivity contribution in [1.82, 2.24) is 19.4 Å². The Labute approximate surface area is 192 Å². The van der Waals surface area contributed by atoms with E-state index in [2.05, 4.69) is 37.1 Å². The molecule has 0 atom stereocenters. The molecule has 9 heteroatoms. The highest BCUT2D eigenvalue weighted by Gasteiger charge is 2.20. The lowest BCUT2D eigenvalue weighted by molar-refractivity contribution is 0.311. The summed E-state index contributed by atoms with van der Waals surface area (Å²) in [6.45, 7) is 8.22. The van der Waals surface area contributed by atoms with Crippen molar-refractivity contribution in [3.8, 4) is 11.8 Å². The average Bonchev–Trinajstić information content (AvgIpc) is 3.33. The van der Waals surface area contributed by atoms with Gasteiger partial charge in [0.05, 0.1) is 12.1 Å². The predicted molar refractivity (Wildman–Crippen MR) is 129 cm³/mol. The molecule has 1 aromatic carbocycles. The lowest BCUT2D eigenvalue weighted by Crippen LogP contribution is -2.44. The van der Waals surface area contributed by atoms with Crippen molar-refractivity contribution >= 4 is 28.4 Å². The number of nitrogens with zero attached hydrogens (tertiary/aromatic N) is 6. The first-order valence-corrected chi connectivity index (χ1v) is 11.1. The predicted octanol–water partition coefficient (Wildman–Crippen LogP) is 3.73. The van der Waals surface area contributed by atoms with Gasteiger partial charge < -0.3 is 24.4 Å². The minimum Gasteiger partial charge on any atom is -0.421 e. The smallest absolute Gasteiger partial charge is 0.326 e. The molecule has 0 bridgehead atoms. The normalized spacial score (nSPS) is 16.8. The molecule has 33 heavy (non-hydrogen) atoms. The zero-order valence-corrected chi connectivity index (χ0v) is 19.4. The highest BCUT2D eigenvalue weighted by Crippen LogP contribution is 2.32. The number of rotatable bonds is 4. The van der Waals surface area contributed by atoms with Gasteiger partial charge in [-0.05, 0) is 50.7 Å². The molecule has 0 spiro atoms. The van der Waals surface area contributed by atoms with E-state index in [0.29, 0.717) is 17.7 Å². The molecule has 1 fully saturated rings. The molecule has 0 radical (unpaired) electrons. The quantitative estimate of drug-likeness (QED) is 0.655. The summed E-state index contributed by atoms with van der Waals surface area (Å²) in [5, 5.41) is 3.76. The fourth-order valence-corrected chi connectivity index (χ4v) is 4.13. The van der Waals surface area contributed by atoms with E-state index in [0.717, 1.165) is 49.0 Å². The number of hydrogen-bond acceptors (Lipinski definition) is 7. The number of nitrogens with one attached hydrogen (secondary N) is 1. The van der Waals surface area contributed by atoms with E-state index < -0.39 is 5.82 Å². The van der Waals surface area contributed by atoms with Crippen molar-refractivity contribution in [2.75, 3.05) is 50.0 Å². The van der Waals surface area contributed by atoms with E-state index in [1.165, 1.54) is 5.57 Å². The first kappa shape index (κ1) is 21.4. The summed E-state index contributed by atoms with van der Waals surface area (Å²) in [5.41, 5.74) is 2.96. The van der Waals surface area contributed by atoms with E-state index in [1.807, 2.05) is 49.7 Å². The molecule has 2 aliphatic heterocycles. The molecule has 5 rings (SSSR count). The molecular weight excluding hydrogens is 421 g/mol. The second-order valence-electron chi connectivity index (χ2n) is 8.76. The second kappa shape index (κ2) is 8.47.